The van der Waals surface area contributed by atoms with Crippen molar-refractivity contribution >= 4 is 45.8 Å². The number of amides is 3. The molecule has 1 aliphatic carbocycles. The van der Waals surface area contributed by atoms with Crippen LogP contribution in [0.15, 0.2) is 24.3 Å². The number of aryl methyl sites for hydroxylation is 1. The van der Waals surface area contributed by atoms with Gasteiger partial charge in [0, 0.05) is 15.5 Å². The monoisotopic (exact) mass is 392 g/mol. The number of carbonyl (C=O) groups excluding carboxylic acids is 3. The van der Waals surface area contributed by atoms with E-state index in [4.69, 9.17) is 11.6 Å². The number of methoxy groups -OCH3 is 1. The van der Waals surface area contributed by atoms with Crippen molar-refractivity contribution in [2.24, 2.45) is 0 Å². The zero-order valence-corrected chi connectivity index (χ0v) is 15.6. The Morgan fingerprint density at radius 2 is 1.92 bits per heavy atom. The molecular formula is C18H17ClN2O4S. The normalized spacial score (nSPS) is 12.8. The minimum Gasteiger partial charge on any atom is -0.453 e. The van der Waals surface area contributed by atoms with E-state index in [0.717, 1.165) is 36.1 Å². The van der Waals surface area contributed by atoms with Crippen LogP contribution in [-0.4, -0.2) is 25.0 Å². The second-order valence-corrected chi connectivity index (χ2v) is 7.37. The maximum absolute atomic E-state index is 12.6. The van der Waals surface area contributed by atoms with Crippen molar-refractivity contribution in [2.75, 3.05) is 12.4 Å². The van der Waals surface area contributed by atoms with Gasteiger partial charge in [-0.05, 0) is 49.4 Å². The molecule has 0 unspecified atom stereocenters. The molecule has 0 saturated heterocycles. The number of hydrogen-bond acceptors (Lipinski definition) is 5. The van der Waals surface area contributed by atoms with Gasteiger partial charge in [-0.2, -0.15) is 0 Å². The lowest BCUT2D eigenvalue weighted by Gasteiger charge is -2.12. The van der Waals surface area contributed by atoms with Crippen LogP contribution in [0.3, 0.4) is 0 Å². The van der Waals surface area contributed by atoms with E-state index in [1.807, 2.05) is 0 Å². The highest BCUT2D eigenvalue weighted by Crippen LogP contribution is 2.38. The van der Waals surface area contributed by atoms with Crippen molar-refractivity contribution < 1.29 is 19.1 Å². The van der Waals surface area contributed by atoms with Crippen LogP contribution in [0, 0.1) is 0 Å². The molecule has 0 bridgehead atoms. The average molecular weight is 393 g/mol. The van der Waals surface area contributed by atoms with Gasteiger partial charge in [0.2, 0.25) is 0 Å². The number of benzene rings is 1. The summed E-state index contributed by atoms with van der Waals surface area (Å²) in [4.78, 5) is 37.6. The molecule has 3 amide bonds. The topological polar surface area (TPSA) is 84.5 Å². The lowest BCUT2D eigenvalue weighted by Crippen LogP contribution is -2.31. The van der Waals surface area contributed by atoms with Crippen LogP contribution >= 0.6 is 22.9 Å². The fourth-order valence-corrected chi connectivity index (χ4v) is 4.38. The van der Waals surface area contributed by atoms with E-state index in [1.165, 1.54) is 18.4 Å². The van der Waals surface area contributed by atoms with Crippen molar-refractivity contribution in [1.82, 2.24) is 5.32 Å². The summed E-state index contributed by atoms with van der Waals surface area (Å²) in [6, 6.07) is 6.56. The van der Waals surface area contributed by atoms with Gasteiger partial charge in [0.25, 0.3) is 11.8 Å². The number of halogens is 1. The third kappa shape index (κ3) is 3.89. The summed E-state index contributed by atoms with van der Waals surface area (Å²) in [6.45, 7) is 0. The molecular weight excluding hydrogens is 376 g/mol. The lowest BCUT2D eigenvalue weighted by molar-refractivity contribution is 0.0937. The molecule has 1 aromatic carbocycles. The van der Waals surface area contributed by atoms with Crippen LogP contribution in [0.5, 0.6) is 0 Å². The molecule has 0 saturated carbocycles. The molecule has 1 heterocycles. The molecule has 2 aromatic rings. The molecule has 3 rings (SSSR count). The first-order valence-corrected chi connectivity index (χ1v) is 9.29. The smallest absolute Gasteiger partial charge is 0.413 e. The summed E-state index contributed by atoms with van der Waals surface area (Å²) >= 11 is 7.31. The summed E-state index contributed by atoms with van der Waals surface area (Å²) in [5.74, 6) is -0.934. The van der Waals surface area contributed by atoms with E-state index in [-0.39, 0.29) is 5.91 Å². The van der Waals surface area contributed by atoms with Gasteiger partial charge in [-0.1, -0.05) is 17.7 Å². The minimum atomic E-state index is -0.835. The summed E-state index contributed by atoms with van der Waals surface area (Å²) in [5, 5.41) is 5.85. The largest absolute Gasteiger partial charge is 0.453 e. The standard InChI is InChI=1S/C18H17ClN2O4S/c1-25-18(24)21-16(23)14-12-7-2-3-8-13(12)26-17(14)20-15(22)10-5-4-6-11(19)9-10/h4-6,9H,2-3,7-8H2,1H3,(H,20,22)(H,21,23,24). The predicted octanol–water partition coefficient (Wildman–Crippen LogP) is 4.03. The third-order valence-corrected chi connectivity index (χ3v) is 5.56. The summed E-state index contributed by atoms with van der Waals surface area (Å²) in [6.07, 6.45) is 2.75. The summed E-state index contributed by atoms with van der Waals surface area (Å²) < 4.78 is 4.50. The Morgan fingerprint density at radius 1 is 1.15 bits per heavy atom. The molecule has 8 heteroatoms. The maximum atomic E-state index is 12.6. The van der Waals surface area contributed by atoms with Crippen molar-refractivity contribution in [3.8, 4) is 0 Å². The van der Waals surface area contributed by atoms with Gasteiger partial charge in [-0.3, -0.25) is 14.9 Å². The van der Waals surface area contributed by atoms with Gasteiger partial charge < -0.3 is 10.1 Å². The Balaban J connectivity index is 1.93. The van der Waals surface area contributed by atoms with Gasteiger partial charge in [0.1, 0.15) is 5.00 Å². The van der Waals surface area contributed by atoms with E-state index >= 15 is 0 Å². The second-order valence-electron chi connectivity index (χ2n) is 5.83. The summed E-state index contributed by atoms with van der Waals surface area (Å²) in [7, 11) is 1.19. The van der Waals surface area contributed by atoms with Crippen LogP contribution in [-0.2, 0) is 17.6 Å². The van der Waals surface area contributed by atoms with Crippen LogP contribution in [0.4, 0.5) is 9.80 Å². The molecule has 26 heavy (non-hydrogen) atoms. The Hall–Kier alpha value is -2.38. The summed E-state index contributed by atoms with van der Waals surface area (Å²) in [5.41, 5.74) is 1.62. The van der Waals surface area contributed by atoms with Crippen molar-refractivity contribution in [1.29, 1.82) is 0 Å². The van der Waals surface area contributed by atoms with Gasteiger partial charge in [0.15, 0.2) is 0 Å². The van der Waals surface area contributed by atoms with Gasteiger partial charge in [-0.25, -0.2) is 4.79 Å². The average Bonchev–Trinajstić information content (AvgIpc) is 2.99. The zero-order valence-electron chi connectivity index (χ0n) is 14.1. The molecule has 136 valence electrons. The molecule has 0 fully saturated rings. The van der Waals surface area contributed by atoms with Crippen molar-refractivity contribution in [3.63, 3.8) is 0 Å². The predicted molar refractivity (Wildman–Crippen MR) is 100 cm³/mol. The highest BCUT2D eigenvalue weighted by molar-refractivity contribution is 7.17. The fraction of sp³-hybridized carbons (Fsp3) is 0.278. The molecule has 0 spiro atoms. The number of rotatable bonds is 3. The van der Waals surface area contributed by atoms with E-state index < -0.39 is 12.0 Å². The highest BCUT2D eigenvalue weighted by Gasteiger charge is 2.27. The first-order valence-electron chi connectivity index (χ1n) is 8.10. The van der Waals surface area contributed by atoms with Crippen LogP contribution in [0.25, 0.3) is 0 Å². The first kappa shape index (κ1) is 18.4. The molecule has 0 atom stereocenters. The number of thiophene rings is 1. The fourth-order valence-electron chi connectivity index (χ4n) is 2.91. The first-order chi connectivity index (χ1) is 12.5. The second kappa shape index (κ2) is 7.88. The molecule has 1 aromatic heterocycles. The molecule has 1 aliphatic rings. The van der Waals surface area contributed by atoms with E-state index in [0.29, 0.717) is 21.2 Å². The van der Waals surface area contributed by atoms with Gasteiger partial charge in [0.05, 0.1) is 12.7 Å². The Labute approximate surface area is 159 Å². The number of carbonyl (C=O) groups is 3. The van der Waals surface area contributed by atoms with Crippen LogP contribution in [0.2, 0.25) is 5.02 Å². The van der Waals surface area contributed by atoms with Crippen LogP contribution < -0.4 is 10.6 Å². The number of hydrogen-bond donors (Lipinski definition) is 2. The Kier molecular flexibility index (Phi) is 5.58. The Bertz CT molecular complexity index is 878. The van der Waals surface area contributed by atoms with E-state index in [1.54, 1.807) is 24.3 Å². The number of imide groups is 1. The van der Waals surface area contributed by atoms with E-state index in [2.05, 4.69) is 15.4 Å². The molecule has 0 radical (unpaired) electrons. The van der Waals surface area contributed by atoms with Crippen LogP contribution in [0.1, 0.15) is 44.0 Å². The number of fused-ring (bicyclic) bond motifs is 1. The highest BCUT2D eigenvalue weighted by atomic mass is 35.5. The zero-order chi connectivity index (χ0) is 18.7. The lowest BCUT2D eigenvalue weighted by atomic mass is 9.95. The maximum Gasteiger partial charge on any atom is 0.413 e. The third-order valence-electron chi connectivity index (χ3n) is 4.11. The van der Waals surface area contributed by atoms with Gasteiger partial charge in [-0.15, -0.1) is 11.3 Å². The number of anilines is 1. The molecule has 0 aliphatic heterocycles. The molecule has 2 N–H and O–H groups in total. The quantitative estimate of drug-likeness (QED) is 0.825. The minimum absolute atomic E-state index is 0.338. The molecule has 6 nitrogen and oxygen atoms in total. The number of nitrogens with one attached hydrogen (secondary N) is 2. The van der Waals surface area contributed by atoms with Gasteiger partial charge >= 0.3 is 6.09 Å². The SMILES string of the molecule is COC(=O)NC(=O)c1c(NC(=O)c2cccc(Cl)c2)sc2c1CCCC2. The number of ether oxygens (including phenoxy) is 1. The van der Waals surface area contributed by atoms with Crippen molar-refractivity contribution in [2.45, 2.75) is 25.7 Å². The van der Waals surface area contributed by atoms with E-state index in [9.17, 15) is 14.4 Å². The Morgan fingerprint density at radius 3 is 2.65 bits per heavy atom. The van der Waals surface area contributed by atoms with Crippen molar-refractivity contribution in [3.05, 3.63) is 50.9 Å². The number of alkyl carbamates (subject to hydrolysis) is 1.